The number of carbonyl (C=O) groups excluding carboxylic acids is 1. The lowest BCUT2D eigenvalue weighted by molar-refractivity contribution is -0.113. The maximum atomic E-state index is 12.3. The first-order chi connectivity index (χ1) is 11.1. The number of hydrogen-bond donors (Lipinski definition) is 1. The van der Waals surface area contributed by atoms with E-state index in [1.807, 2.05) is 32.0 Å². The van der Waals surface area contributed by atoms with Gasteiger partial charge in [-0.3, -0.25) is 4.79 Å². The summed E-state index contributed by atoms with van der Waals surface area (Å²) in [6.45, 7) is 3.88. The summed E-state index contributed by atoms with van der Waals surface area (Å²) in [5, 5.41) is 3.71. The van der Waals surface area contributed by atoms with Gasteiger partial charge in [-0.1, -0.05) is 23.9 Å². The van der Waals surface area contributed by atoms with Crippen LogP contribution in [0.4, 0.5) is 5.69 Å². The molecule has 1 aromatic heterocycles. The van der Waals surface area contributed by atoms with E-state index in [-0.39, 0.29) is 5.91 Å². The van der Waals surface area contributed by atoms with Gasteiger partial charge in [0.15, 0.2) is 5.16 Å². The van der Waals surface area contributed by atoms with Crippen LogP contribution >= 0.6 is 11.8 Å². The molecule has 1 aliphatic carbocycles. The molecule has 0 atom stereocenters. The summed E-state index contributed by atoms with van der Waals surface area (Å²) in [5.41, 5.74) is 5.50. The molecule has 1 amide bonds. The van der Waals surface area contributed by atoms with Gasteiger partial charge in [-0.05, 0) is 62.8 Å². The van der Waals surface area contributed by atoms with Gasteiger partial charge in [0.1, 0.15) is 0 Å². The standard InChI is InChI=1S/C18H21N3OS/c1-12-10-13(2)20-18(19-12)23-11-17(22)21-16-9-5-7-14-6-3-4-8-15(14)16/h5,7,9-10H,3-4,6,8,11H2,1-2H3,(H,21,22). The fourth-order valence-corrected chi connectivity index (χ4v) is 3.72. The van der Waals surface area contributed by atoms with Crippen LogP contribution in [0.25, 0.3) is 0 Å². The van der Waals surface area contributed by atoms with Gasteiger partial charge < -0.3 is 5.32 Å². The van der Waals surface area contributed by atoms with E-state index in [1.54, 1.807) is 0 Å². The molecule has 3 rings (SSSR count). The molecule has 1 heterocycles. The number of anilines is 1. The Morgan fingerprint density at radius 3 is 2.70 bits per heavy atom. The molecule has 23 heavy (non-hydrogen) atoms. The molecule has 0 bridgehead atoms. The van der Waals surface area contributed by atoms with Gasteiger partial charge >= 0.3 is 0 Å². The average molecular weight is 327 g/mol. The smallest absolute Gasteiger partial charge is 0.234 e. The number of nitrogens with zero attached hydrogens (tertiary/aromatic N) is 2. The summed E-state index contributed by atoms with van der Waals surface area (Å²) in [7, 11) is 0. The molecule has 0 spiro atoms. The van der Waals surface area contributed by atoms with E-state index in [1.165, 1.54) is 35.7 Å². The van der Waals surface area contributed by atoms with E-state index in [9.17, 15) is 4.79 Å². The van der Waals surface area contributed by atoms with Crippen LogP contribution in [-0.4, -0.2) is 21.6 Å². The average Bonchev–Trinajstić information content (AvgIpc) is 2.52. The van der Waals surface area contributed by atoms with Crippen molar-refractivity contribution < 1.29 is 4.79 Å². The molecular weight excluding hydrogens is 306 g/mol. The van der Waals surface area contributed by atoms with Crippen molar-refractivity contribution in [3.63, 3.8) is 0 Å². The zero-order valence-electron chi connectivity index (χ0n) is 13.6. The summed E-state index contributed by atoms with van der Waals surface area (Å²) >= 11 is 1.38. The number of amides is 1. The van der Waals surface area contributed by atoms with Gasteiger partial charge in [0, 0.05) is 17.1 Å². The number of aryl methyl sites for hydroxylation is 3. The fraction of sp³-hybridized carbons (Fsp3) is 0.389. The minimum Gasteiger partial charge on any atom is -0.325 e. The quantitative estimate of drug-likeness (QED) is 0.687. The summed E-state index contributed by atoms with van der Waals surface area (Å²) in [4.78, 5) is 21.0. The monoisotopic (exact) mass is 327 g/mol. The van der Waals surface area contributed by atoms with Crippen molar-refractivity contribution in [1.29, 1.82) is 0 Å². The van der Waals surface area contributed by atoms with Crippen molar-refractivity contribution in [2.45, 2.75) is 44.7 Å². The summed E-state index contributed by atoms with van der Waals surface area (Å²) in [6.07, 6.45) is 4.61. The van der Waals surface area contributed by atoms with Crippen LogP contribution in [0, 0.1) is 13.8 Å². The molecule has 5 heteroatoms. The largest absolute Gasteiger partial charge is 0.325 e. The van der Waals surface area contributed by atoms with Crippen LogP contribution in [0.5, 0.6) is 0 Å². The van der Waals surface area contributed by atoms with Crippen molar-refractivity contribution in [3.05, 3.63) is 46.8 Å². The molecule has 0 saturated heterocycles. The van der Waals surface area contributed by atoms with E-state index in [2.05, 4.69) is 21.4 Å². The van der Waals surface area contributed by atoms with Crippen molar-refractivity contribution in [3.8, 4) is 0 Å². The second-order valence-corrected chi connectivity index (χ2v) is 6.86. The second kappa shape index (κ2) is 7.13. The molecule has 1 aliphatic rings. The molecule has 2 aromatic rings. The van der Waals surface area contributed by atoms with Gasteiger partial charge in [-0.2, -0.15) is 0 Å². The number of rotatable bonds is 4. The van der Waals surface area contributed by atoms with Crippen LogP contribution in [0.3, 0.4) is 0 Å². The number of hydrogen-bond acceptors (Lipinski definition) is 4. The van der Waals surface area contributed by atoms with E-state index in [0.717, 1.165) is 29.9 Å². The normalized spacial score (nSPS) is 13.5. The van der Waals surface area contributed by atoms with E-state index in [0.29, 0.717) is 10.9 Å². The maximum Gasteiger partial charge on any atom is 0.234 e. The van der Waals surface area contributed by atoms with Crippen LogP contribution in [0.15, 0.2) is 29.4 Å². The predicted octanol–water partition coefficient (Wildman–Crippen LogP) is 3.70. The number of benzene rings is 1. The lowest BCUT2D eigenvalue weighted by atomic mass is 9.90. The van der Waals surface area contributed by atoms with Gasteiger partial charge in [-0.25, -0.2) is 9.97 Å². The summed E-state index contributed by atoms with van der Waals surface area (Å²) in [6, 6.07) is 8.13. The highest BCUT2D eigenvalue weighted by Gasteiger charge is 2.14. The maximum absolute atomic E-state index is 12.3. The van der Waals surface area contributed by atoms with Crippen LogP contribution in [0.2, 0.25) is 0 Å². The number of thioether (sulfide) groups is 1. The second-order valence-electron chi connectivity index (χ2n) is 5.92. The molecule has 0 unspecified atom stereocenters. The molecule has 120 valence electrons. The number of aromatic nitrogens is 2. The van der Waals surface area contributed by atoms with Crippen molar-refractivity contribution in [2.75, 3.05) is 11.1 Å². The van der Waals surface area contributed by atoms with E-state index < -0.39 is 0 Å². The van der Waals surface area contributed by atoms with Crippen molar-refractivity contribution >= 4 is 23.4 Å². The Morgan fingerprint density at radius 2 is 1.91 bits per heavy atom. The Morgan fingerprint density at radius 1 is 1.17 bits per heavy atom. The Labute approximate surface area is 141 Å². The third-order valence-corrected chi connectivity index (χ3v) is 4.81. The van der Waals surface area contributed by atoms with E-state index >= 15 is 0 Å². The molecule has 0 fully saturated rings. The summed E-state index contributed by atoms with van der Waals surface area (Å²) in [5.74, 6) is 0.323. The van der Waals surface area contributed by atoms with Crippen LogP contribution in [0.1, 0.15) is 35.4 Å². The number of nitrogens with one attached hydrogen (secondary N) is 1. The lowest BCUT2D eigenvalue weighted by Crippen LogP contribution is -2.17. The fourth-order valence-electron chi connectivity index (χ4n) is 2.97. The molecule has 1 N–H and O–H groups in total. The first-order valence-electron chi connectivity index (χ1n) is 7.97. The van der Waals surface area contributed by atoms with E-state index in [4.69, 9.17) is 0 Å². The van der Waals surface area contributed by atoms with Gasteiger partial charge in [0.05, 0.1) is 5.75 Å². The highest BCUT2D eigenvalue weighted by atomic mass is 32.2. The summed E-state index contributed by atoms with van der Waals surface area (Å²) < 4.78 is 0. The zero-order chi connectivity index (χ0) is 16.2. The Balaban J connectivity index is 1.64. The van der Waals surface area contributed by atoms with Crippen LogP contribution < -0.4 is 5.32 Å². The first-order valence-corrected chi connectivity index (χ1v) is 8.96. The zero-order valence-corrected chi connectivity index (χ0v) is 14.4. The van der Waals surface area contributed by atoms with Crippen molar-refractivity contribution in [1.82, 2.24) is 9.97 Å². The predicted molar refractivity (Wildman–Crippen MR) is 93.9 cm³/mol. The molecule has 0 aliphatic heterocycles. The van der Waals surface area contributed by atoms with Gasteiger partial charge in [0.2, 0.25) is 5.91 Å². The topological polar surface area (TPSA) is 54.9 Å². The third kappa shape index (κ3) is 4.10. The highest BCUT2D eigenvalue weighted by molar-refractivity contribution is 7.99. The highest BCUT2D eigenvalue weighted by Crippen LogP contribution is 2.28. The molecule has 0 radical (unpaired) electrons. The van der Waals surface area contributed by atoms with Crippen LogP contribution in [-0.2, 0) is 17.6 Å². The minimum atomic E-state index is -0.00303. The molecular formula is C18H21N3OS. The van der Waals surface area contributed by atoms with Crippen molar-refractivity contribution in [2.24, 2.45) is 0 Å². The Hall–Kier alpha value is -1.88. The third-order valence-electron chi connectivity index (χ3n) is 3.96. The first kappa shape index (κ1) is 16.0. The lowest BCUT2D eigenvalue weighted by Gasteiger charge is -2.19. The Kier molecular flexibility index (Phi) is 4.96. The molecule has 1 aromatic carbocycles. The molecule has 0 saturated carbocycles. The minimum absolute atomic E-state index is 0.00303. The van der Waals surface area contributed by atoms with Gasteiger partial charge in [-0.15, -0.1) is 0 Å². The SMILES string of the molecule is Cc1cc(C)nc(SCC(=O)Nc2cccc3c2CCCC3)n1. The number of carbonyl (C=O) groups is 1. The Bertz CT molecular complexity index is 710. The number of fused-ring (bicyclic) bond motifs is 1. The van der Waals surface area contributed by atoms with Gasteiger partial charge in [0.25, 0.3) is 0 Å². The molecule has 4 nitrogen and oxygen atoms in total.